The van der Waals surface area contributed by atoms with Crippen LogP contribution < -0.4 is 0 Å². The highest BCUT2D eigenvalue weighted by atomic mass is 79.9. The van der Waals surface area contributed by atoms with E-state index in [1.807, 2.05) is 29.5 Å². The molecule has 0 N–H and O–H groups in total. The van der Waals surface area contributed by atoms with Crippen molar-refractivity contribution in [3.63, 3.8) is 0 Å². The van der Waals surface area contributed by atoms with E-state index < -0.39 is 0 Å². The normalized spacial score (nSPS) is 11.3. The Kier molecular flexibility index (Phi) is 3.26. The average Bonchev–Trinajstić information content (AvgIpc) is 2.84. The number of hydrogen-bond acceptors (Lipinski definition) is 1. The molecule has 0 spiro atoms. The van der Waals surface area contributed by atoms with Crippen molar-refractivity contribution in [1.82, 2.24) is 0 Å². The maximum atomic E-state index is 6.09. The van der Waals surface area contributed by atoms with Gasteiger partial charge in [-0.2, -0.15) is 0 Å². The van der Waals surface area contributed by atoms with E-state index in [4.69, 9.17) is 11.6 Å². The van der Waals surface area contributed by atoms with E-state index in [9.17, 15) is 0 Å². The van der Waals surface area contributed by atoms with Gasteiger partial charge in [0.15, 0.2) is 0 Å². The molecule has 0 aliphatic heterocycles. The van der Waals surface area contributed by atoms with Crippen LogP contribution in [0.2, 0.25) is 5.02 Å². The fourth-order valence-electron chi connectivity index (χ4n) is 2.60. The van der Waals surface area contributed by atoms with Gasteiger partial charge in [0.25, 0.3) is 0 Å². The average molecular weight is 374 g/mol. The van der Waals surface area contributed by atoms with E-state index in [-0.39, 0.29) is 0 Å². The van der Waals surface area contributed by atoms with Crippen molar-refractivity contribution < 1.29 is 0 Å². The van der Waals surface area contributed by atoms with Gasteiger partial charge >= 0.3 is 0 Å². The second kappa shape index (κ2) is 5.13. The molecule has 0 saturated carbocycles. The smallest absolute Gasteiger partial charge is 0.0412 e. The van der Waals surface area contributed by atoms with E-state index in [0.29, 0.717) is 0 Å². The monoisotopic (exact) mass is 372 g/mol. The fourth-order valence-corrected chi connectivity index (χ4v) is 4.27. The Balaban J connectivity index is 1.96. The Morgan fingerprint density at radius 2 is 1.62 bits per heavy atom. The lowest BCUT2D eigenvalue weighted by Gasteiger charge is -2.02. The molecule has 0 nitrogen and oxygen atoms in total. The first-order chi connectivity index (χ1) is 10.2. The van der Waals surface area contributed by atoms with Gasteiger partial charge in [-0.25, -0.2) is 0 Å². The number of thiophene rings is 1. The number of benzene rings is 3. The Bertz CT molecular complexity index is 971. The minimum absolute atomic E-state index is 0.771. The fraction of sp³-hybridized carbons (Fsp3) is 0. The molecule has 0 atom stereocenters. The van der Waals surface area contributed by atoms with Gasteiger partial charge in [0.1, 0.15) is 0 Å². The second-order valence-electron chi connectivity index (χ2n) is 4.96. The lowest BCUT2D eigenvalue weighted by Crippen LogP contribution is -1.77. The number of hydrogen-bond donors (Lipinski definition) is 0. The number of halogens is 2. The molecule has 0 unspecified atom stereocenters. The third-order valence-corrected chi connectivity index (χ3v) is 5.45. The zero-order valence-electron chi connectivity index (χ0n) is 10.9. The maximum Gasteiger partial charge on any atom is 0.0412 e. The highest BCUT2D eigenvalue weighted by molar-refractivity contribution is 9.10. The first-order valence-electron chi connectivity index (χ1n) is 6.58. The molecule has 3 aromatic carbocycles. The SMILES string of the molecule is Clc1cccc(-c2ccc3c(c2)sc2ccc(Br)cc23)c1. The van der Waals surface area contributed by atoms with Gasteiger partial charge in [-0.05, 0) is 47.5 Å². The summed E-state index contributed by atoms with van der Waals surface area (Å²) in [6.45, 7) is 0. The van der Waals surface area contributed by atoms with Crippen molar-refractivity contribution in [2.45, 2.75) is 0 Å². The summed E-state index contributed by atoms with van der Waals surface area (Å²) in [4.78, 5) is 0. The second-order valence-corrected chi connectivity index (χ2v) is 7.40. The molecule has 3 heteroatoms. The molecule has 1 aromatic heterocycles. The van der Waals surface area contributed by atoms with Crippen LogP contribution in [0.15, 0.2) is 65.1 Å². The molecule has 1 heterocycles. The molecule has 0 bridgehead atoms. The first-order valence-corrected chi connectivity index (χ1v) is 8.57. The summed E-state index contributed by atoms with van der Waals surface area (Å²) in [5.74, 6) is 0. The molecule has 0 amide bonds. The Morgan fingerprint density at radius 3 is 2.48 bits per heavy atom. The van der Waals surface area contributed by atoms with Crippen LogP contribution in [-0.4, -0.2) is 0 Å². The van der Waals surface area contributed by atoms with Crippen molar-refractivity contribution >= 4 is 59.0 Å². The minimum Gasteiger partial charge on any atom is -0.135 e. The molecule has 0 saturated heterocycles. The molecule has 0 fully saturated rings. The predicted octanol–water partition coefficient (Wildman–Crippen LogP) is 7.14. The molecule has 0 aliphatic rings. The van der Waals surface area contributed by atoms with E-state index in [2.05, 4.69) is 58.4 Å². The van der Waals surface area contributed by atoms with Crippen molar-refractivity contribution in [3.05, 3.63) is 70.2 Å². The Morgan fingerprint density at radius 1 is 0.762 bits per heavy atom. The molecule has 4 rings (SSSR count). The lowest BCUT2D eigenvalue weighted by molar-refractivity contribution is 1.65. The molecule has 0 aliphatic carbocycles. The van der Waals surface area contributed by atoms with Crippen molar-refractivity contribution in [2.24, 2.45) is 0 Å². The van der Waals surface area contributed by atoms with Crippen LogP contribution in [0.25, 0.3) is 31.3 Å². The van der Waals surface area contributed by atoms with Crippen LogP contribution in [-0.2, 0) is 0 Å². The summed E-state index contributed by atoms with van der Waals surface area (Å²) in [7, 11) is 0. The molecular formula is C18H10BrClS. The molecule has 21 heavy (non-hydrogen) atoms. The Labute approximate surface area is 140 Å². The minimum atomic E-state index is 0.771. The summed E-state index contributed by atoms with van der Waals surface area (Å²) in [5, 5.41) is 3.39. The van der Waals surface area contributed by atoms with E-state index in [0.717, 1.165) is 15.1 Å². The van der Waals surface area contributed by atoms with Crippen LogP contribution in [0.5, 0.6) is 0 Å². The quantitative estimate of drug-likeness (QED) is 0.332. The standard InChI is InChI=1S/C18H10BrClS/c19-13-5-7-17-16(10-13)15-6-4-12(9-18(15)21-17)11-2-1-3-14(20)8-11/h1-10H. The van der Waals surface area contributed by atoms with Gasteiger partial charge in [0.2, 0.25) is 0 Å². The molecule has 4 aromatic rings. The Hall–Kier alpha value is -1.35. The van der Waals surface area contributed by atoms with E-state index in [1.165, 1.54) is 25.7 Å². The van der Waals surface area contributed by atoms with Crippen LogP contribution >= 0.6 is 38.9 Å². The van der Waals surface area contributed by atoms with Gasteiger partial charge in [-0.1, -0.05) is 51.8 Å². The van der Waals surface area contributed by atoms with Crippen LogP contribution in [0.4, 0.5) is 0 Å². The van der Waals surface area contributed by atoms with E-state index in [1.54, 1.807) is 0 Å². The largest absolute Gasteiger partial charge is 0.135 e. The summed E-state index contributed by atoms with van der Waals surface area (Å²) < 4.78 is 3.74. The van der Waals surface area contributed by atoms with Gasteiger partial charge in [0.05, 0.1) is 0 Å². The van der Waals surface area contributed by atoms with Crippen LogP contribution in [0.3, 0.4) is 0 Å². The molecular weight excluding hydrogens is 364 g/mol. The highest BCUT2D eigenvalue weighted by Gasteiger charge is 2.07. The van der Waals surface area contributed by atoms with Crippen LogP contribution in [0.1, 0.15) is 0 Å². The van der Waals surface area contributed by atoms with Crippen LogP contribution in [0, 0.1) is 0 Å². The van der Waals surface area contributed by atoms with Gasteiger partial charge in [-0.15, -0.1) is 11.3 Å². The van der Waals surface area contributed by atoms with Crippen molar-refractivity contribution in [1.29, 1.82) is 0 Å². The third-order valence-electron chi connectivity index (χ3n) is 3.59. The number of rotatable bonds is 1. The first kappa shape index (κ1) is 13.3. The summed E-state index contributed by atoms with van der Waals surface area (Å²) >= 11 is 11.5. The maximum absolute atomic E-state index is 6.09. The third kappa shape index (κ3) is 2.38. The van der Waals surface area contributed by atoms with Gasteiger partial charge in [0, 0.05) is 29.7 Å². The number of fused-ring (bicyclic) bond motifs is 3. The van der Waals surface area contributed by atoms with Gasteiger partial charge < -0.3 is 0 Å². The highest BCUT2D eigenvalue weighted by Crippen LogP contribution is 2.37. The zero-order valence-corrected chi connectivity index (χ0v) is 14.1. The molecule has 102 valence electrons. The topological polar surface area (TPSA) is 0 Å². The van der Waals surface area contributed by atoms with E-state index >= 15 is 0 Å². The molecule has 0 radical (unpaired) electrons. The lowest BCUT2D eigenvalue weighted by atomic mass is 10.0. The zero-order chi connectivity index (χ0) is 14.4. The van der Waals surface area contributed by atoms with Crippen molar-refractivity contribution in [2.75, 3.05) is 0 Å². The van der Waals surface area contributed by atoms with Crippen molar-refractivity contribution in [3.8, 4) is 11.1 Å². The summed E-state index contributed by atoms with van der Waals surface area (Å²) in [6, 6.07) is 21.1. The predicted molar refractivity (Wildman–Crippen MR) is 97.5 cm³/mol. The summed E-state index contributed by atoms with van der Waals surface area (Å²) in [5.41, 5.74) is 2.36. The summed E-state index contributed by atoms with van der Waals surface area (Å²) in [6.07, 6.45) is 0. The van der Waals surface area contributed by atoms with Gasteiger partial charge in [-0.3, -0.25) is 0 Å².